The van der Waals surface area contributed by atoms with Gasteiger partial charge in [0.1, 0.15) is 31.0 Å². The lowest BCUT2D eigenvalue weighted by Crippen LogP contribution is -2.59. The largest absolute Gasteiger partial charge is 0.462 e. The van der Waals surface area contributed by atoms with Crippen molar-refractivity contribution in [3.63, 3.8) is 0 Å². The fourth-order valence-corrected chi connectivity index (χ4v) is 4.99. The van der Waals surface area contributed by atoms with Gasteiger partial charge in [-0.2, -0.15) is 0 Å². The van der Waals surface area contributed by atoms with Crippen LogP contribution < -0.4 is 0 Å². The van der Waals surface area contributed by atoms with Crippen molar-refractivity contribution in [2.24, 2.45) is 0 Å². The van der Waals surface area contributed by atoms with Crippen molar-refractivity contribution in [3.05, 3.63) is 60.8 Å². The molecule has 280 valence electrons. The van der Waals surface area contributed by atoms with Crippen LogP contribution in [0.2, 0.25) is 0 Å². The van der Waals surface area contributed by atoms with Gasteiger partial charge in [0, 0.05) is 12.8 Å². The highest BCUT2D eigenvalue weighted by molar-refractivity contribution is 5.70. The number of esters is 2. The summed E-state index contributed by atoms with van der Waals surface area (Å²) in [6, 6.07) is 0. The summed E-state index contributed by atoms with van der Waals surface area (Å²) in [4.78, 5) is 25.0. The molecule has 4 N–H and O–H groups in total. The van der Waals surface area contributed by atoms with E-state index < -0.39 is 55.4 Å². The molecule has 0 aliphatic carbocycles. The maximum absolute atomic E-state index is 12.6. The van der Waals surface area contributed by atoms with Gasteiger partial charge in [-0.15, -0.1) is 0 Å². The van der Waals surface area contributed by atoms with E-state index in [2.05, 4.69) is 68.5 Å². The van der Waals surface area contributed by atoms with E-state index >= 15 is 0 Å². The molecule has 6 atom stereocenters. The summed E-state index contributed by atoms with van der Waals surface area (Å²) < 4.78 is 21.9. The number of aliphatic hydroxyl groups excluding tert-OH is 4. The Balaban J connectivity index is 2.42. The van der Waals surface area contributed by atoms with E-state index in [4.69, 9.17) is 18.9 Å². The first-order valence-corrected chi connectivity index (χ1v) is 18.4. The molecule has 0 aromatic heterocycles. The Hall–Kier alpha value is -2.60. The summed E-state index contributed by atoms with van der Waals surface area (Å²) in [6.45, 7) is 3.16. The van der Waals surface area contributed by atoms with Gasteiger partial charge in [0.25, 0.3) is 0 Å². The second-order valence-electron chi connectivity index (χ2n) is 12.3. The molecule has 0 amide bonds. The number of unbranched alkanes of at least 4 members (excludes halogenated alkanes) is 7. The van der Waals surface area contributed by atoms with Gasteiger partial charge in [0.15, 0.2) is 12.4 Å². The van der Waals surface area contributed by atoms with Crippen molar-refractivity contribution < 1.29 is 49.0 Å². The summed E-state index contributed by atoms with van der Waals surface area (Å²) >= 11 is 0. The number of aliphatic hydroxyl groups is 4. The highest BCUT2D eigenvalue weighted by Crippen LogP contribution is 2.22. The predicted octanol–water partition coefficient (Wildman–Crippen LogP) is 6.32. The maximum atomic E-state index is 12.6. The van der Waals surface area contributed by atoms with E-state index in [1.54, 1.807) is 0 Å². The molecule has 0 saturated carbocycles. The van der Waals surface area contributed by atoms with E-state index in [-0.39, 0.29) is 26.1 Å². The smallest absolute Gasteiger partial charge is 0.306 e. The Labute approximate surface area is 294 Å². The van der Waals surface area contributed by atoms with Crippen molar-refractivity contribution in [3.8, 4) is 0 Å². The number of hydrogen-bond acceptors (Lipinski definition) is 10. The number of carbonyl (C=O) groups is 2. The number of allylic oxidation sites excluding steroid dienone is 10. The first-order valence-electron chi connectivity index (χ1n) is 18.4. The Morgan fingerprint density at radius 1 is 0.653 bits per heavy atom. The quantitative estimate of drug-likeness (QED) is 0.0417. The fourth-order valence-electron chi connectivity index (χ4n) is 4.99. The molecule has 0 radical (unpaired) electrons. The molecule has 49 heavy (non-hydrogen) atoms. The number of hydrogen-bond donors (Lipinski definition) is 4. The summed E-state index contributed by atoms with van der Waals surface area (Å²) in [7, 11) is 0. The van der Waals surface area contributed by atoms with Crippen LogP contribution >= 0.6 is 0 Å². The first-order chi connectivity index (χ1) is 23.8. The zero-order chi connectivity index (χ0) is 36.0. The Morgan fingerprint density at radius 3 is 1.80 bits per heavy atom. The van der Waals surface area contributed by atoms with Crippen molar-refractivity contribution in [1.82, 2.24) is 0 Å². The van der Waals surface area contributed by atoms with Crippen LogP contribution in [0.3, 0.4) is 0 Å². The lowest BCUT2D eigenvalue weighted by atomic mass is 9.99. The first kappa shape index (κ1) is 44.4. The molecule has 1 fully saturated rings. The van der Waals surface area contributed by atoms with Gasteiger partial charge in [-0.3, -0.25) is 9.59 Å². The van der Waals surface area contributed by atoms with E-state index in [0.717, 1.165) is 57.8 Å². The van der Waals surface area contributed by atoms with Crippen LogP contribution in [-0.2, 0) is 28.5 Å². The Bertz CT molecular complexity index is 986. The molecule has 1 aliphatic heterocycles. The zero-order valence-electron chi connectivity index (χ0n) is 29.9. The summed E-state index contributed by atoms with van der Waals surface area (Å²) in [6.07, 6.45) is 26.9. The van der Waals surface area contributed by atoms with Gasteiger partial charge in [-0.05, 0) is 51.4 Å². The minimum atomic E-state index is -1.60. The molecule has 1 heterocycles. The normalized spacial score (nSPS) is 22.3. The molecule has 2 unspecified atom stereocenters. The monoisotopic (exact) mass is 692 g/mol. The summed E-state index contributed by atoms with van der Waals surface area (Å²) in [5.41, 5.74) is 0. The van der Waals surface area contributed by atoms with Crippen LogP contribution in [0, 0.1) is 0 Å². The molecular formula is C39H64O10. The third-order valence-corrected chi connectivity index (χ3v) is 7.92. The SMILES string of the molecule is CC/C=C/C/C=C/C/C=C/C/C=C/C/C=C/CCCC(=O)OC[C@@H](CO[C@H]1O[C@@H](CO)[C@@H](O)C(O)C1O)OC(=O)CCCCCCCCC. The lowest BCUT2D eigenvalue weighted by molar-refractivity contribution is -0.305. The molecule has 1 aliphatic rings. The van der Waals surface area contributed by atoms with Crippen LogP contribution in [-0.4, -0.2) is 89.0 Å². The number of carbonyl (C=O) groups excluding carboxylic acids is 2. The van der Waals surface area contributed by atoms with E-state index in [9.17, 15) is 30.0 Å². The standard InChI is InChI=1S/C39H64O10/c1-3-5-7-9-11-12-13-14-15-16-17-18-19-20-22-23-25-27-34(41)46-30-32(48-35(42)28-26-24-21-10-8-6-4-2)31-47-39-38(45)37(44)36(43)33(29-40)49-39/h5,7,11-12,14-15,17-18,20,22,32-33,36-40,43-45H,3-4,6,8-10,13,16,19,21,23-31H2,1-2H3/b7-5+,12-11+,15-14+,18-17+,22-20+/t32-,33-,36+,37?,38?,39-/m0/s1. The molecule has 0 aromatic rings. The third-order valence-electron chi connectivity index (χ3n) is 7.92. The molecule has 0 aromatic carbocycles. The predicted molar refractivity (Wildman–Crippen MR) is 191 cm³/mol. The number of ether oxygens (including phenoxy) is 4. The highest BCUT2D eigenvalue weighted by atomic mass is 16.7. The minimum absolute atomic E-state index is 0.195. The zero-order valence-corrected chi connectivity index (χ0v) is 29.9. The van der Waals surface area contributed by atoms with Gasteiger partial charge in [0.2, 0.25) is 0 Å². The Kier molecular flexibility index (Phi) is 27.4. The topological polar surface area (TPSA) is 152 Å². The second kappa shape index (κ2) is 30.2. The van der Waals surface area contributed by atoms with E-state index in [1.807, 2.05) is 6.08 Å². The maximum Gasteiger partial charge on any atom is 0.306 e. The van der Waals surface area contributed by atoms with Crippen LogP contribution in [0.4, 0.5) is 0 Å². The molecule has 0 spiro atoms. The molecule has 1 rings (SSSR count). The summed E-state index contributed by atoms with van der Waals surface area (Å²) in [5.74, 6) is -0.890. The van der Waals surface area contributed by atoms with Crippen LogP contribution in [0.15, 0.2) is 60.8 Å². The lowest BCUT2D eigenvalue weighted by Gasteiger charge is -2.39. The average molecular weight is 693 g/mol. The minimum Gasteiger partial charge on any atom is -0.462 e. The number of rotatable bonds is 28. The van der Waals surface area contributed by atoms with E-state index in [1.165, 1.54) is 19.3 Å². The van der Waals surface area contributed by atoms with Gasteiger partial charge < -0.3 is 39.4 Å². The van der Waals surface area contributed by atoms with Crippen molar-refractivity contribution >= 4 is 11.9 Å². The third kappa shape index (κ3) is 22.7. The van der Waals surface area contributed by atoms with Gasteiger partial charge in [-0.1, -0.05) is 113 Å². The van der Waals surface area contributed by atoms with Crippen LogP contribution in [0.25, 0.3) is 0 Å². The molecular weight excluding hydrogens is 628 g/mol. The molecule has 0 bridgehead atoms. The molecule has 10 heteroatoms. The van der Waals surface area contributed by atoms with Crippen LogP contribution in [0.1, 0.15) is 117 Å². The van der Waals surface area contributed by atoms with Crippen molar-refractivity contribution in [2.45, 2.75) is 153 Å². The van der Waals surface area contributed by atoms with Gasteiger partial charge in [0.05, 0.1) is 13.2 Å². The Morgan fingerprint density at radius 2 is 1.20 bits per heavy atom. The van der Waals surface area contributed by atoms with Gasteiger partial charge >= 0.3 is 11.9 Å². The highest BCUT2D eigenvalue weighted by Gasteiger charge is 2.44. The second-order valence-corrected chi connectivity index (χ2v) is 12.3. The van der Waals surface area contributed by atoms with Crippen molar-refractivity contribution in [2.75, 3.05) is 19.8 Å². The van der Waals surface area contributed by atoms with Gasteiger partial charge in [-0.25, -0.2) is 0 Å². The molecule has 1 saturated heterocycles. The van der Waals surface area contributed by atoms with Crippen LogP contribution in [0.5, 0.6) is 0 Å². The average Bonchev–Trinajstić information content (AvgIpc) is 3.10. The van der Waals surface area contributed by atoms with Crippen molar-refractivity contribution in [1.29, 1.82) is 0 Å². The molecule has 10 nitrogen and oxygen atoms in total. The fraction of sp³-hybridized carbons (Fsp3) is 0.692. The van der Waals surface area contributed by atoms with E-state index in [0.29, 0.717) is 12.8 Å². The summed E-state index contributed by atoms with van der Waals surface area (Å²) in [5, 5.41) is 39.8.